The van der Waals surface area contributed by atoms with Crippen molar-refractivity contribution in [2.24, 2.45) is 5.92 Å². The Labute approximate surface area is 111 Å². The number of hydrogen-bond donors (Lipinski definition) is 3. The minimum absolute atomic E-state index is 0.118. The molecule has 0 saturated heterocycles. The second-order valence-electron chi connectivity index (χ2n) is 5.43. The van der Waals surface area contributed by atoms with E-state index in [2.05, 4.69) is 12.2 Å². The van der Waals surface area contributed by atoms with Gasteiger partial charge in [-0.05, 0) is 38.1 Å². The Morgan fingerprint density at radius 3 is 2.94 bits per heavy atom. The molecule has 3 unspecified atom stereocenters. The minimum Gasteiger partial charge on any atom is -0.393 e. The molecule has 1 fully saturated rings. The van der Waals surface area contributed by atoms with Crippen molar-refractivity contribution in [1.29, 1.82) is 0 Å². The lowest BCUT2D eigenvalue weighted by atomic mass is 9.87. The zero-order valence-electron chi connectivity index (χ0n) is 11.6. The van der Waals surface area contributed by atoms with Gasteiger partial charge in [-0.15, -0.1) is 0 Å². The van der Waals surface area contributed by atoms with Crippen LogP contribution in [0.4, 0.5) is 0 Å². The maximum Gasteiger partial charge on any atom is 0.0897 e. The highest BCUT2D eigenvalue weighted by Gasteiger charge is 2.19. The fraction of sp³-hybridized carbons (Fsp3) is 1.00. The third-order valence-electron chi connectivity index (χ3n) is 3.52. The summed E-state index contributed by atoms with van der Waals surface area (Å²) in [5.74, 6) is 0.557. The molecule has 1 rings (SSSR count). The van der Waals surface area contributed by atoms with E-state index in [-0.39, 0.29) is 6.10 Å². The molecule has 0 aromatic carbocycles. The molecule has 0 bridgehead atoms. The number of rotatable bonds is 9. The summed E-state index contributed by atoms with van der Waals surface area (Å²) < 4.78 is 5.37. The summed E-state index contributed by atoms with van der Waals surface area (Å²) in [6, 6.07) is 0. The first kappa shape index (κ1) is 15.9. The summed E-state index contributed by atoms with van der Waals surface area (Å²) in [7, 11) is 0. The molecule has 4 nitrogen and oxygen atoms in total. The number of aliphatic hydroxyl groups is 2. The zero-order chi connectivity index (χ0) is 13.2. The quantitative estimate of drug-likeness (QED) is 0.546. The first-order valence-electron chi connectivity index (χ1n) is 7.37. The average Bonchev–Trinajstić information content (AvgIpc) is 2.35. The number of unbranched alkanes of at least 4 members (excludes halogenated alkanes) is 1. The molecule has 0 aromatic heterocycles. The molecule has 18 heavy (non-hydrogen) atoms. The fourth-order valence-corrected chi connectivity index (χ4v) is 2.43. The van der Waals surface area contributed by atoms with Gasteiger partial charge in [-0.3, -0.25) is 0 Å². The van der Waals surface area contributed by atoms with Crippen molar-refractivity contribution in [3.8, 4) is 0 Å². The van der Waals surface area contributed by atoms with Gasteiger partial charge in [-0.25, -0.2) is 0 Å². The second kappa shape index (κ2) is 9.73. The van der Waals surface area contributed by atoms with Crippen molar-refractivity contribution < 1.29 is 14.9 Å². The van der Waals surface area contributed by atoms with Crippen LogP contribution in [-0.2, 0) is 4.74 Å². The Hall–Kier alpha value is -0.160. The van der Waals surface area contributed by atoms with E-state index in [4.69, 9.17) is 4.74 Å². The van der Waals surface area contributed by atoms with Crippen molar-refractivity contribution in [2.75, 3.05) is 26.3 Å². The van der Waals surface area contributed by atoms with E-state index in [9.17, 15) is 10.2 Å². The monoisotopic (exact) mass is 259 g/mol. The Balaban J connectivity index is 1.95. The van der Waals surface area contributed by atoms with Crippen molar-refractivity contribution in [1.82, 2.24) is 5.32 Å². The van der Waals surface area contributed by atoms with Gasteiger partial charge in [0.15, 0.2) is 0 Å². The number of nitrogens with one attached hydrogen (secondary N) is 1. The van der Waals surface area contributed by atoms with Gasteiger partial charge in [0.05, 0.1) is 18.8 Å². The molecule has 108 valence electrons. The molecule has 4 heteroatoms. The van der Waals surface area contributed by atoms with E-state index in [1.807, 2.05) is 0 Å². The molecular formula is C14H29NO3. The van der Waals surface area contributed by atoms with Crippen molar-refractivity contribution in [3.63, 3.8) is 0 Å². The smallest absolute Gasteiger partial charge is 0.0897 e. The van der Waals surface area contributed by atoms with Crippen LogP contribution >= 0.6 is 0 Å². The predicted octanol–water partition coefficient (Wildman–Crippen LogP) is 1.30. The summed E-state index contributed by atoms with van der Waals surface area (Å²) in [5.41, 5.74) is 0. The lowest BCUT2D eigenvalue weighted by Crippen LogP contribution is -2.35. The molecule has 1 aliphatic carbocycles. The average molecular weight is 259 g/mol. The van der Waals surface area contributed by atoms with Gasteiger partial charge in [-0.1, -0.05) is 19.8 Å². The highest BCUT2D eigenvalue weighted by Crippen LogP contribution is 2.23. The fourth-order valence-electron chi connectivity index (χ4n) is 2.43. The Kier molecular flexibility index (Phi) is 8.59. The molecule has 0 aromatic rings. The van der Waals surface area contributed by atoms with Gasteiger partial charge in [0.2, 0.25) is 0 Å². The maximum absolute atomic E-state index is 9.69. The standard InChI is InChI=1S/C14H29NO3/c1-2-3-7-18-11-14(17)10-15-9-12-5-4-6-13(16)8-12/h12-17H,2-11H2,1H3. The van der Waals surface area contributed by atoms with E-state index in [0.29, 0.717) is 19.1 Å². The van der Waals surface area contributed by atoms with Gasteiger partial charge in [-0.2, -0.15) is 0 Å². The normalized spacial score (nSPS) is 26.2. The van der Waals surface area contributed by atoms with Crippen LogP contribution in [0.5, 0.6) is 0 Å². The molecule has 1 aliphatic rings. The Morgan fingerprint density at radius 2 is 2.22 bits per heavy atom. The van der Waals surface area contributed by atoms with Crippen LogP contribution in [0.25, 0.3) is 0 Å². The van der Waals surface area contributed by atoms with Gasteiger partial charge >= 0.3 is 0 Å². The summed E-state index contributed by atoms with van der Waals surface area (Å²) in [6.07, 6.45) is 5.80. The van der Waals surface area contributed by atoms with E-state index < -0.39 is 6.10 Å². The molecule has 1 saturated carbocycles. The van der Waals surface area contributed by atoms with Crippen molar-refractivity contribution >= 4 is 0 Å². The SMILES string of the molecule is CCCCOCC(O)CNCC1CCCC(O)C1. The largest absolute Gasteiger partial charge is 0.393 e. The zero-order valence-corrected chi connectivity index (χ0v) is 11.6. The number of aliphatic hydroxyl groups excluding tert-OH is 2. The lowest BCUT2D eigenvalue weighted by Gasteiger charge is -2.26. The maximum atomic E-state index is 9.69. The third kappa shape index (κ3) is 7.31. The van der Waals surface area contributed by atoms with E-state index >= 15 is 0 Å². The molecule has 3 atom stereocenters. The van der Waals surface area contributed by atoms with Gasteiger partial charge in [0.25, 0.3) is 0 Å². The molecule has 0 amide bonds. The molecule has 0 aliphatic heterocycles. The van der Waals surface area contributed by atoms with Gasteiger partial charge in [0, 0.05) is 13.2 Å². The molecule has 0 spiro atoms. The molecule has 0 heterocycles. The highest BCUT2D eigenvalue weighted by atomic mass is 16.5. The summed E-state index contributed by atoms with van der Waals surface area (Å²) in [6.45, 7) is 4.75. The topological polar surface area (TPSA) is 61.7 Å². The Bertz CT molecular complexity index is 201. The second-order valence-corrected chi connectivity index (χ2v) is 5.43. The van der Waals surface area contributed by atoms with Crippen LogP contribution in [0.2, 0.25) is 0 Å². The first-order chi connectivity index (χ1) is 8.72. The number of ether oxygens (including phenoxy) is 1. The van der Waals surface area contributed by atoms with E-state index in [0.717, 1.165) is 45.3 Å². The van der Waals surface area contributed by atoms with Gasteiger partial charge < -0.3 is 20.3 Å². The van der Waals surface area contributed by atoms with Crippen LogP contribution in [0.15, 0.2) is 0 Å². The van der Waals surface area contributed by atoms with Crippen LogP contribution in [-0.4, -0.2) is 48.7 Å². The highest BCUT2D eigenvalue weighted by molar-refractivity contribution is 4.74. The van der Waals surface area contributed by atoms with Crippen LogP contribution < -0.4 is 5.32 Å². The number of hydrogen-bond acceptors (Lipinski definition) is 4. The van der Waals surface area contributed by atoms with Gasteiger partial charge in [0.1, 0.15) is 0 Å². The molecule has 0 radical (unpaired) electrons. The predicted molar refractivity (Wildman–Crippen MR) is 72.6 cm³/mol. The lowest BCUT2D eigenvalue weighted by molar-refractivity contribution is 0.0345. The van der Waals surface area contributed by atoms with Crippen molar-refractivity contribution in [2.45, 2.75) is 57.7 Å². The third-order valence-corrected chi connectivity index (χ3v) is 3.52. The first-order valence-corrected chi connectivity index (χ1v) is 7.37. The van der Waals surface area contributed by atoms with E-state index in [1.54, 1.807) is 0 Å². The Morgan fingerprint density at radius 1 is 1.39 bits per heavy atom. The van der Waals surface area contributed by atoms with E-state index in [1.165, 1.54) is 6.42 Å². The molecule has 3 N–H and O–H groups in total. The van der Waals surface area contributed by atoms with Crippen LogP contribution in [0.1, 0.15) is 45.4 Å². The summed E-state index contributed by atoms with van der Waals surface area (Å²) in [5, 5.41) is 22.5. The van der Waals surface area contributed by atoms with Crippen LogP contribution in [0, 0.1) is 5.92 Å². The minimum atomic E-state index is -0.421. The van der Waals surface area contributed by atoms with Crippen molar-refractivity contribution in [3.05, 3.63) is 0 Å². The molecular weight excluding hydrogens is 230 g/mol. The summed E-state index contributed by atoms with van der Waals surface area (Å²) >= 11 is 0. The summed E-state index contributed by atoms with van der Waals surface area (Å²) in [4.78, 5) is 0. The van der Waals surface area contributed by atoms with Crippen LogP contribution in [0.3, 0.4) is 0 Å².